The van der Waals surface area contributed by atoms with Gasteiger partial charge in [-0.15, -0.1) is 0 Å². The summed E-state index contributed by atoms with van der Waals surface area (Å²) in [4.78, 5) is 28.4. The van der Waals surface area contributed by atoms with Crippen LogP contribution in [0.25, 0.3) is 11.1 Å². The lowest BCUT2D eigenvalue weighted by Crippen LogP contribution is -2.30. The van der Waals surface area contributed by atoms with Crippen molar-refractivity contribution in [3.8, 4) is 22.6 Å². The quantitative estimate of drug-likeness (QED) is 0.344. The molecule has 1 atom stereocenters. The molecule has 42 heavy (non-hydrogen) atoms. The van der Waals surface area contributed by atoms with Crippen molar-refractivity contribution in [3.63, 3.8) is 0 Å². The van der Waals surface area contributed by atoms with E-state index in [4.69, 9.17) is 14.2 Å². The van der Waals surface area contributed by atoms with Crippen molar-refractivity contribution in [3.05, 3.63) is 75.1 Å². The first kappa shape index (κ1) is 29.6. The Balaban J connectivity index is 1.76. The Morgan fingerprint density at radius 3 is 2.43 bits per heavy atom. The number of methoxy groups -OCH3 is 1. The molecule has 0 fully saturated rings. The number of anilines is 1. The molecule has 7 nitrogen and oxygen atoms in total. The van der Waals surface area contributed by atoms with E-state index in [-0.39, 0.29) is 11.7 Å². The minimum Gasteiger partial charge on any atom is -0.497 e. The molecule has 1 N–H and O–H groups in total. The third kappa shape index (κ3) is 5.24. The molecule has 2 aliphatic rings. The second-order valence-corrected chi connectivity index (χ2v) is 12.1. The van der Waals surface area contributed by atoms with Gasteiger partial charge in [0.2, 0.25) is 0 Å². The molecule has 0 saturated carbocycles. The zero-order valence-electron chi connectivity index (χ0n) is 25.3. The summed E-state index contributed by atoms with van der Waals surface area (Å²) < 4.78 is 32.8. The molecule has 0 bridgehead atoms. The third-order valence-electron chi connectivity index (χ3n) is 8.11. The van der Waals surface area contributed by atoms with Gasteiger partial charge < -0.3 is 24.2 Å². The number of rotatable bonds is 6. The summed E-state index contributed by atoms with van der Waals surface area (Å²) in [6, 6.07) is 8.67. The first-order valence-electron chi connectivity index (χ1n) is 14.3. The number of carboxylic acid groups (broad SMARTS) is 1. The molecule has 1 amide bonds. The first-order chi connectivity index (χ1) is 19.8. The van der Waals surface area contributed by atoms with Gasteiger partial charge in [0, 0.05) is 28.9 Å². The molecule has 0 aliphatic carbocycles. The van der Waals surface area contributed by atoms with E-state index in [0.717, 1.165) is 28.7 Å². The van der Waals surface area contributed by atoms with Gasteiger partial charge in [0.1, 0.15) is 5.75 Å². The molecule has 5 rings (SSSR count). The van der Waals surface area contributed by atoms with E-state index in [1.807, 2.05) is 53.7 Å². The van der Waals surface area contributed by atoms with Gasteiger partial charge in [0.15, 0.2) is 17.7 Å². The summed E-state index contributed by atoms with van der Waals surface area (Å²) >= 11 is 0. The van der Waals surface area contributed by atoms with Crippen LogP contribution >= 0.6 is 0 Å². The molecular weight excluding hydrogens is 537 g/mol. The average Bonchev–Trinajstić information content (AvgIpc) is 3.35. The highest BCUT2D eigenvalue weighted by atomic mass is 19.1. The van der Waals surface area contributed by atoms with Crippen LogP contribution in [0.1, 0.15) is 77.0 Å². The largest absolute Gasteiger partial charge is 0.497 e. The Bertz CT molecular complexity index is 1590. The van der Waals surface area contributed by atoms with Crippen molar-refractivity contribution in [1.82, 2.24) is 0 Å². The highest BCUT2D eigenvalue weighted by Crippen LogP contribution is 2.48. The minimum atomic E-state index is -1.30. The average molecular weight is 576 g/mol. The van der Waals surface area contributed by atoms with Gasteiger partial charge in [-0.25, -0.2) is 9.18 Å². The molecule has 222 valence electrons. The van der Waals surface area contributed by atoms with Gasteiger partial charge in [-0.2, -0.15) is 0 Å². The van der Waals surface area contributed by atoms with E-state index >= 15 is 4.39 Å². The van der Waals surface area contributed by atoms with Crippen molar-refractivity contribution in [2.45, 2.75) is 72.5 Å². The number of nitrogens with zero attached hydrogens (tertiary/aromatic N) is 1. The highest BCUT2D eigenvalue weighted by molar-refractivity contribution is 6.09. The highest BCUT2D eigenvalue weighted by Gasteiger charge is 2.37. The molecule has 0 spiro atoms. The predicted molar refractivity (Wildman–Crippen MR) is 159 cm³/mol. The van der Waals surface area contributed by atoms with Crippen LogP contribution in [0.4, 0.5) is 10.1 Å². The Labute approximate surface area is 246 Å². The van der Waals surface area contributed by atoms with Gasteiger partial charge in [-0.3, -0.25) is 4.79 Å². The molecular formula is C34H38FNO6. The maximum Gasteiger partial charge on any atom is 0.337 e. The number of carbonyl (C=O) groups is 2. The summed E-state index contributed by atoms with van der Waals surface area (Å²) in [5.74, 6) is -0.834. The molecule has 2 heterocycles. The van der Waals surface area contributed by atoms with E-state index in [1.54, 1.807) is 24.1 Å². The SMILES string of the molecule is COc1ccc(C(=O)N2CCc3c2cc(C)c([C@H](OC(C)(C)C)C(=O)O)c3-c2cc(F)c3c(c2C)CCCO3)c(C)c1. The van der Waals surface area contributed by atoms with Crippen LogP contribution in [-0.4, -0.2) is 42.8 Å². The second kappa shape index (κ2) is 11.1. The van der Waals surface area contributed by atoms with E-state index < -0.39 is 23.5 Å². The summed E-state index contributed by atoms with van der Waals surface area (Å²) in [5.41, 5.74) is 6.07. The maximum atomic E-state index is 15.6. The molecule has 0 radical (unpaired) electrons. The lowest BCUT2D eigenvalue weighted by Gasteiger charge is -2.30. The maximum absolute atomic E-state index is 15.6. The normalized spacial score (nSPS) is 15.1. The molecule has 0 aromatic heterocycles. The van der Waals surface area contributed by atoms with Crippen molar-refractivity contribution in [2.75, 3.05) is 25.2 Å². The molecule has 3 aromatic carbocycles. The van der Waals surface area contributed by atoms with Crippen molar-refractivity contribution < 1.29 is 33.3 Å². The number of carboxylic acids is 1. The van der Waals surface area contributed by atoms with Crippen LogP contribution < -0.4 is 14.4 Å². The first-order valence-corrected chi connectivity index (χ1v) is 14.3. The van der Waals surface area contributed by atoms with Gasteiger partial charge in [-0.1, -0.05) is 0 Å². The van der Waals surface area contributed by atoms with Crippen LogP contribution in [0.15, 0.2) is 30.3 Å². The van der Waals surface area contributed by atoms with Crippen LogP contribution in [0.2, 0.25) is 0 Å². The lowest BCUT2D eigenvalue weighted by molar-refractivity contribution is -0.160. The second-order valence-electron chi connectivity index (χ2n) is 12.1. The van der Waals surface area contributed by atoms with Crippen LogP contribution in [0.3, 0.4) is 0 Å². The van der Waals surface area contributed by atoms with E-state index in [9.17, 15) is 14.7 Å². The Hall–Kier alpha value is -3.91. The Morgan fingerprint density at radius 2 is 1.79 bits per heavy atom. The summed E-state index contributed by atoms with van der Waals surface area (Å²) in [6.07, 6.45) is 0.616. The number of fused-ring (bicyclic) bond motifs is 2. The lowest BCUT2D eigenvalue weighted by atomic mass is 9.83. The summed E-state index contributed by atoms with van der Waals surface area (Å²) in [5, 5.41) is 10.4. The predicted octanol–water partition coefficient (Wildman–Crippen LogP) is 6.90. The topological polar surface area (TPSA) is 85.3 Å². The smallest absolute Gasteiger partial charge is 0.337 e. The number of hydrogen-bond acceptors (Lipinski definition) is 5. The van der Waals surface area contributed by atoms with Crippen molar-refractivity contribution >= 4 is 17.6 Å². The molecule has 0 unspecified atom stereocenters. The van der Waals surface area contributed by atoms with Crippen LogP contribution in [-0.2, 0) is 22.4 Å². The van der Waals surface area contributed by atoms with Crippen molar-refractivity contribution in [1.29, 1.82) is 0 Å². The van der Waals surface area contributed by atoms with Crippen LogP contribution in [0.5, 0.6) is 11.5 Å². The number of halogens is 1. The summed E-state index contributed by atoms with van der Waals surface area (Å²) in [7, 11) is 1.58. The van der Waals surface area contributed by atoms with Gasteiger partial charge in [-0.05, 0) is 125 Å². The van der Waals surface area contributed by atoms with Gasteiger partial charge >= 0.3 is 5.97 Å². The number of aryl methyl sites for hydroxylation is 2. The number of hydrogen-bond donors (Lipinski definition) is 1. The molecule has 2 aliphatic heterocycles. The van der Waals surface area contributed by atoms with E-state index in [1.165, 1.54) is 6.07 Å². The summed E-state index contributed by atoms with van der Waals surface area (Å²) in [6.45, 7) is 11.9. The number of aliphatic carboxylic acids is 1. The Kier molecular flexibility index (Phi) is 7.79. The van der Waals surface area contributed by atoms with Gasteiger partial charge in [0.05, 0.1) is 19.3 Å². The van der Waals surface area contributed by atoms with E-state index in [2.05, 4.69) is 0 Å². The van der Waals surface area contributed by atoms with Crippen LogP contribution in [0, 0.1) is 26.6 Å². The fraction of sp³-hybridized carbons (Fsp3) is 0.412. The standard InChI is InChI=1S/C34H38FNO6/c1-18-15-21(40-7)10-11-22(18)32(37)36-13-12-24-27(36)16-19(2)28(31(33(38)39)42-34(4,5)6)29(24)25-17-26(35)30-23(20(25)3)9-8-14-41-30/h10-11,15-17,31H,8-9,12-14H2,1-7H3,(H,38,39)/t31-/m0/s1. The molecule has 0 saturated heterocycles. The van der Waals surface area contributed by atoms with Crippen molar-refractivity contribution in [2.24, 2.45) is 0 Å². The molecule has 3 aromatic rings. The monoisotopic (exact) mass is 575 g/mol. The number of carbonyl (C=O) groups excluding carboxylic acids is 1. The zero-order valence-corrected chi connectivity index (χ0v) is 25.3. The van der Waals surface area contributed by atoms with Gasteiger partial charge in [0.25, 0.3) is 5.91 Å². The zero-order chi connectivity index (χ0) is 30.5. The van der Waals surface area contributed by atoms with E-state index in [0.29, 0.717) is 65.2 Å². The molecule has 8 heteroatoms. The fourth-order valence-corrected chi connectivity index (χ4v) is 6.20. The Morgan fingerprint density at radius 1 is 1.05 bits per heavy atom. The fourth-order valence-electron chi connectivity index (χ4n) is 6.20. The minimum absolute atomic E-state index is 0.158. The third-order valence-corrected chi connectivity index (χ3v) is 8.11. The number of benzene rings is 3. The number of amides is 1. The number of ether oxygens (including phenoxy) is 3.